The molecule has 0 aliphatic carbocycles. The minimum Gasteiger partial charge on any atom is -0.350 e. The van der Waals surface area contributed by atoms with Crippen LogP contribution in [0.15, 0.2) is 42.5 Å². The Morgan fingerprint density at radius 1 is 1.06 bits per heavy atom. The van der Waals surface area contributed by atoms with E-state index in [1.54, 1.807) is 0 Å². The molecule has 1 amide bonds. The van der Waals surface area contributed by atoms with Gasteiger partial charge in [0, 0.05) is 19.2 Å². The number of benzene rings is 2. The summed E-state index contributed by atoms with van der Waals surface area (Å²) in [5.41, 5.74) is 1.95. The lowest BCUT2D eigenvalue weighted by Gasteiger charge is -2.28. The molecular formula is C23H29F2N3O3S. The van der Waals surface area contributed by atoms with Crippen molar-refractivity contribution in [3.63, 3.8) is 0 Å². The number of piperidine rings is 1. The molecule has 1 aliphatic rings. The smallest absolute Gasteiger partial charge is 0.243 e. The first-order chi connectivity index (χ1) is 15.1. The highest BCUT2D eigenvalue weighted by Gasteiger charge is 2.29. The number of sulfonamides is 1. The van der Waals surface area contributed by atoms with E-state index in [2.05, 4.69) is 16.3 Å². The van der Waals surface area contributed by atoms with Crippen molar-refractivity contribution >= 4 is 21.6 Å². The average Bonchev–Trinajstić information content (AvgIpc) is 2.74. The van der Waals surface area contributed by atoms with E-state index in [-0.39, 0.29) is 12.2 Å². The quantitative estimate of drug-likeness (QED) is 0.649. The molecule has 6 nitrogen and oxygen atoms in total. The van der Waals surface area contributed by atoms with Gasteiger partial charge in [0.1, 0.15) is 6.04 Å². The van der Waals surface area contributed by atoms with Crippen LogP contribution in [0, 0.1) is 11.6 Å². The molecular weight excluding hydrogens is 436 g/mol. The second-order valence-electron chi connectivity index (χ2n) is 8.21. The highest BCUT2D eigenvalue weighted by Crippen LogP contribution is 2.23. The molecule has 1 saturated heterocycles. The maximum atomic E-state index is 13.7. The summed E-state index contributed by atoms with van der Waals surface area (Å²) in [5, 5.41) is 2.75. The first-order valence-corrected chi connectivity index (χ1v) is 12.5. The fourth-order valence-electron chi connectivity index (χ4n) is 3.98. The second kappa shape index (κ2) is 10.4. The maximum Gasteiger partial charge on any atom is 0.243 e. The summed E-state index contributed by atoms with van der Waals surface area (Å²) in [4.78, 5) is 15.1. The molecule has 0 spiro atoms. The summed E-state index contributed by atoms with van der Waals surface area (Å²) in [6, 6.07) is 9.51. The highest BCUT2D eigenvalue weighted by atomic mass is 32.2. The number of halogens is 2. The number of anilines is 1. The van der Waals surface area contributed by atoms with Gasteiger partial charge in [-0.05, 0) is 56.1 Å². The topological polar surface area (TPSA) is 69.7 Å². The predicted molar refractivity (Wildman–Crippen MR) is 121 cm³/mol. The minimum absolute atomic E-state index is 0.113. The Bertz CT molecular complexity index is 1060. The molecule has 9 heteroatoms. The van der Waals surface area contributed by atoms with E-state index in [0.29, 0.717) is 0 Å². The van der Waals surface area contributed by atoms with Crippen molar-refractivity contribution in [1.82, 2.24) is 10.2 Å². The Labute approximate surface area is 188 Å². The van der Waals surface area contributed by atoms with Gasteiger partial charge >= 0.3 is 0 Å². The van der Waals surface area contributed by atoms with Crippen LogP contribution in [-0.2, 0) is 27.9 Å². The third-order valence-electron chi connectivity index (χ3n) is 5.56. The summed E-state index contributed by atoms with van der Waals surface area (Å²) in [6.07, 6.45) is 4.61. The van der Waals surface area contributed by atoms with Gasteiger partial charge in [-0.2, -0.15) is 0 Å². The molecule has 1 aliphatic heterocycles. The molecule has 174 valence electrons. The zero-order chi connectivity index (χ0) is 23.3. The summed E-state index contributed by atoms with van der Waals surface area (Å²) < 4.78 is 52.4. The van der Waals surface area contributed by atoms with Crippen LogP contribution in [-0.4, -0.2) is 44.6 Å². The van der Waals surface area contributed by atoms with Crippen LogP contribution < -0.4 is 9.62 Å². The van der Waals surface area contributed by atoms with Gasteiger partial charge in [0.2, 0.25) is 15.9 Å². The van der Waals surface area contributed by atoms with Gasteiger partial charge in [0.25, 0.3) is 0 Å². The van der Waals surface area contributed by atoms with E-state index in [1.165, 1.54) is 26.2 Å². The van der Waals surface area contributed by atoms with Crippen LogP contribution in [0.4, 0.5) is 14.5 Å². The standard InChI is InChI=1S/C23H29F2N3O3S/c1-17(28(32(2,30)31)20-9-10-21(24)22(25)14-20)23(29)26-15-18-7-6-8-19(13-18)16-27-11-4-3-5-12-27/h6-10,13-14,17H,3-5,11-12,15-16H2,1-2H3,(H,26,29)/t17-/m1/s1. The summed E-state index contributed by atoms with van der Waals surface area (Å²) >= 11 is 0. The molecule has 0 unspecified atom stereocenters. The van der Waals surface area contributed by atoms with Gasteiger partial charge in [-0.1, -0.05) is 30.7 Å². The summed E-state index contributed by atoms with van der Waals surface area (Å²) in [7, 11) is -3.92. The van der Waals surface area contributed by atoms with Gasteiger partial charge in [0.15, 0.2) is 11.6 Å². The van der Waals surface area contributed by atoms with E-state index in [1.807, 2.05) is 18.2 Å². The lowest BCUT2D eigenvalue weighted by molar-refractivity contribution is -0.122. The third kappa shape index (κ3) is 6.26. The summed E-state index contributed by atoms with van der Waals surface area (Å²) in [6.45, 7) is 4.67. The first kappa shape index (κ1) is 24.1. The molecule has 2 aromatic rings. The van der Waals surface area contributed by atoms with Gasteiger partial charge in [-0.15, -0.1) is 0 Å². The van der Waals surface area contributed by atoms with Crippen molar-refractivity contribution in [3.8, 4) is 0 Å². The number of hydrogen-bond acceptors (Lipinski definition) is 4. The number of hydrogen-bond donors (Lipinski definition) is 1. The van der Waals surface area contributed by atoms with E-state index >= 15 is 0 Å². The number of carbonyl (C=O) groups excluding carboxylic acids is 1. The fraction of sp³-hybridized carbons (Fsp3) is 0.435. The maximum absolute atomic E-state index is 13.7. The van der Waals surface area contributed by atoms with Crippen LogP contribution >= 0.6 is 0 Å². The SMILES string of the molecule is C[C@H](C(=O)NCc1cccc(CN2CCCCC2)c1)N(c1ccc(F)c(F)c1)S(C)(=O)=O. The average molecular weight is 466 g/mol. The number of nitrogens with one attached hydrogen (secondary N) is 1. The third-order valence-corrected chi connectivity index (χ3v) is 6.80. The van der Waals surface area contributed by atoms with Crippen LogP contribution in [0.2, 0.25) is 0 Å². The molecule has 1 heterocycles. The van der Waals surface area contributed by atoms with E-state index < -0.39 is 33.6 Å². The zero-order valence-corrected chi connectivity index (χ0v) is 19.2. The van der Waals surface area contributed by atoms with Crippen molar-refractivity contribution in [2.45, 2.75) is 45.3 Å². The minimum atomic E-state index is -3.92. The molecule has 32 heavy (non-hydrogen) atoms. The molecule has 2 aromatic carbocycles. The molecule has 0 bridgehead atoms. The van der Waals surface area contributed by atoms with E-state index in [4.69, 9.17) is 0 Å². The molecule has 0 saturated carbocycles. The molecule has 1 atom stereocenters. The van der Waals surface area contributed by atoms with E-state index in [9.17, 15) is 22.0 Å². The monoisotopic (exact) mass is 465 g/mol. The van der Waals surface area contributed by atoms with Crippen molar-refractivity contribution in [3.05, 3.63) is 65.2 Å². The number of likely N-dealkylation sites (tertiary alicyclic amines) is 1. The van der Waals surface area contributed by atoms with Crippen LogP contribution in [0.3, 0.4) is 0 Å². The number of nitrogens with zero attached hydrogens (tertiary/aromatic N) is 2. The molecule has 0 aromatic heterocycles. The van der Waals surface area contributed by atoms with Crippen molar-refractivity contribution in [1.29, 1.82) is 0 Å². The van der Waals surface area contributed by atoms with Gasteiger partial charge in [-0.3, -0.25) is 14.0 Å². The summed E-state index contributed by atoms with van der Waals surface area (Å²) in [5.74, 6) is -2.82. The van der Waals surface area contributed by atoms with Crippen molar-refractivity contribution in [2.24, 2.45) is 0 Å². The van der Waals surface area contributed by atoms with Gasteiger partial charge < -0.3 is 5.32 Å². The molecule has 3 rings (SSSR count). The number of rotatable bonds is 8. The lowest BCUT2D eigenvalue weighted by Crippen LogP contribution is -2.47. The Hall–Kier alpha value is -2.52. The van der Waals surface area contributed by atoms with Gasteiger partial charge in [0.05, 0.1) is 11.9 Å². The van der Waals surface area contributed by atoms with Crippen molar-refractivity contribution < 1.29 is 22.0 Å². The second-order valence-corrected chi connectivity index (χ2v) is 10.1. The molecule has 1 N–H and O–H groups in total. The van der Waals surface area contributed by atoms with Crippen molar-refractivity contribution in [2.75, 3.05) is 23.7 Å². The predicted octanol–water partition coefficient (Wildman–Crippen LogP) is 3.42. The largest absolute Gasteiger partial charge is 0.350 e. The van der Waals surface area contributed by atoms with Crippen LogP contribution in [0.5, 0.6) is 0 Å². The number of carbonyl (C=O) groups is 1. The molecule has 1 fully saturated rings. The van der Waals surface area contributed by atoms with Crippen LogP contribution in [0.25, 0.3) is 0 Å². The van der Waals surface area contributed by atoms with Crippen LogP contribution in [0.1, 0.15) is 37.3 Å². The molecule has 0 radical (unpaired) electrons. The Balaban J connectivity index is 1.67. The first-order valence-electron chi connectivity index (χ1n) is 10.7. The zero-order valence-electron chi connectivity index (χ0n) is 18.4. The Morgan fingerprint density at radius 3 is 2.41 bits per heavy atom. The van der Waals surface area contributed by atoms with Gasteiger partial charge in [-0.25, -0.2) is 17.2 Å². The Kier molecular flexibility index (Phi) is 7.84. The normalized spacial score (nSPS) is 15.9. The van der Waals surface area contributed by atoms with E-state index in [0.717, 1.165) is 59.5 Å². The fourth-order valence-corrected chi connectivity index (χ4v) is 5.15. The Morgan fingerprint density at radius 2 is 1.75 bits per heavy atom. The number of amides is 1. The lowest BCUT2D eigenvalue weighted by atomic mass is 10.1. The highest BCUT2D eigenvalue weighted by molar-refractivity contribution is 7.92.